The summed E-state index contributed by atoms with van der Waals surface area (Å²) in [6.45, 7) is 2.07. The molecule has 2 N–H and O–H groups in total. The van der Waals surface area contributed by atoms with E-state index in [0.717, 1.165) is 15.3 Å². The van der Waals surface area contributed by atoms with Crippen molar-refractivity contribution in [2.24, 2.45) is 0 Å². The van der Waals surface area contributed by atoms with E-state index >= 15 is 0 Å². The molecule has 25 heavy (non-hydrogen) atoms. The van der Waals surface area contributed by atoms with Crippen LogP contribution in [0.1, 0.15) is 17.3 Å². The zero-order chi connectivity index (χ0) is 17.8. The van der Waals surface area contributed by atoms with Crippen LogP contribution in [0.3, 0.4) is 0 Å². The number of methoxy groups -OCH3 is 1. The number of nitrogens with one attached hydrogen (secondary N) is 2. The van der Waals surface area contributed by atoms with Crippen LogP contribution in [0.4, 0.5) is 5.13 Å². The number of aromatic nitrogens is 1. The predicted octanol–water partition coefficient (Wildman–Crippen LogP) is 4.83. The highest BCUT2D eigenvalue weighted by Gasteiger charge is 2.13. The normalized spacial score (nSPS) is 10.7. The minimum absolute atomic E-state index is 0.226. The molecule has 0 fully saturated rings. The Hall–Kier alpha value is -1.96. The third-order valence-corrected chi connectivity index (χ3v) is 5.68. The van der Waals surface area contributed by atoms with Crippen molar-refractivity contribution in [2.45, 2.75) is 11.8 Å². The number of anilines is 1. The zero-order valence-electron chi connectivity index (χ0n) is 13.6. The molecule has 3 aromatic rings. The summed E-state index contributed by atoms with van der Waals surface area (Å²) in [5, 5.41) is 1.13. The second-order valence-electron chi connectivity index (χ2n) is 4.99. The Morgan fingerprint density at radius 1 is 1.36 bits per heavy atom. The van der Waals surface area contributed by atoms with E-state index in [-0.39, 0.29) is 5.91 Å². The average molecular weight is 394 g/mol. The van der Waals surface area contributed by atoms with Crippen LogP contribution in [0.15, 0.2) is 41.3 Å². The fraction of sp³-hybridized carbons (Fsp3) is 0.176. The maximum Gasteiger partial charge on any atom is 0.269 e. The SMILES string of the molecule is CCSc1cccc(C(=O)NNc2nc3c(OC)ccc(Cl)c3s2)c1. The molecule has 130 valence electrons. The second kappa shape index (κ2) is 7.95. The summed E-state index contributed by atoms with van der Waals surface area (Å²) in [7, 11) is 1.58. The number of fused-ring (bicyclic) bond motifs is 1. The Kier molecular flexibility index (Phi) is 5.67. The average Bonchev–Trinajstić information content (AvgIpc) is 3.06. The molecule has 0 aliphatic carbocycles. The summed E-state index contributed by atoms with van der Waals surface area (Å²) in [5.74, 6) is 1.37. The first-order chi connectivity index (χ1) is 12.1. The number of hydrazine groups is 1. The van der Waals surface area contributed by atoms with Crippen molar-refractivity contribution in [1.29, 1.82) is 0 Å². The monoisotopic (exact) mass is 393 g/mol. The molecule has 3 rings (SSSR count). The smallest absolute Gasteiger partial charge is 0.269 e. The molecule has 0 bridgehead atoms. The highest BCUT2D eigenvalue weighted by Crippen LogP contribution is 2.37. The molecule has 2 aromatic carbocycles. The van der Waals surface area contributed by atoms with Crippen LogP contribution >= 0.6 is 34.7 Å². The third-order valence-electron chi connectivity index (χ3n) is 3.37. The van der Waals surface area contributed by atoms with Crippen molar-refractivity contribution in [2.75, 3.05) is 18.3 Å². The van der Waals surface area contributed by atoms with Gasteiger partial charge in [0, 0.05) is 10.5 Å². The zero-order valence-corrected chi connectivity index (χ0v) is 16.0. The molecule has 0 radical (unpaired) electrons. The quantitative estimate of drug-likeness (QED) is 0.464. The van der Waals surface area contributed by atoms with Gasteiger partial charge in [-0.25, -0.2) is 4.98 Å². The molecule has 0 aliphatic heterocycles. The van der Waals surface area contributed by atoms with Gasteiger partial charge in [-0.1, -0.05) is 35.9 Å². The van der Waals surface area contributed by atoms with Gasteiger partial charge in [-0.2, -0.15) is 0 Å². The maximum absolute atomic E-state index is 12.3. The Labute approximate surface area is 158 Å². The van der Waals surface area contributed by atoms with E-state index in [2.05, 4.69) is 22.8 Å². The molecule has 0 atom stereocenters. The number of thiazole rings is 1. The lowest BCUT2D eigenvalue weighted by Crippen LogP contribution is -2.29. The van der Waals surface area contributed by atoms with Crippen LogP contribution in [-0.2, 0) is 0 Å². The van der Waals surface area contributed by atoms with E-state index in [1.54, 1.807) is 37.1 Å². The number of hydrogen-bond acceptors (Lipinski definition) is 6. The molecule has 8 heteroatoms. The Balaban J connectivity index is 1.75. The van der Waals surface area contributed by atoms with E-state index in [1.165, 1.54) is 11.3 Å². The van der Waals surface area contributed by atoms with Crippen molar-refractivity contribution < 1.29 is 9.53 Å². The number of amides is 1. The highest BCUT2D eigenvalue weighted by atomic mass is 35.5. The molecule has 1 amide bonds. The number of halogens is 1. The summed E-state index contributed by atoms with van der Waals surface area (Å²) in [5.41, 5.74) is 6.77. The van der Waals surface area contributed by atoms with Gasteiger partial charge >= 0.3 is 0 Å². The Bertz CT molecular complexity index is 914. The van der Waals surface area contributed by atoms with E-state index < -0.39 is 0 Å². The van der Waals surface area contributed by atoms with Gasteiger partial charge in [0.05, 0.1) is 16.8 Å². The fourth-order valence-corrected chi connectivity index (χ4v) is 4.07. The maximum atomic E-state index is 12.3. The third kappa shape index (κ3) is 4.00. The summed E-state index contributed by atoms with van der Waals surface area (Å²) < 4.78 is 6.10. The number of rotatable bonds is 6. The van der Waals surface area contributed by atoms with Gasteiger partial charge in [0.25, 0.3) is 5.91 Å². The Morgan fingerprint density at radius 2 is 2.20 bits per heavy atom. The van der Waals surface area contributed by atoms with Gasteiger partial charge in [0.15, 0.2) is 0 Å². The molecular weight excluding hydrogens is 378 g/mol. The number of carbonyl (C=O) groups is 1. The van der Waals surface area contributed by atoms with Crippen molar-refractivity contribution in [3.63, 3.8) is 0 Å². The lowest BCUT2D eigenvalue weighted by atomic mass is 10.2. The highest BCUT2D eigenvalue weighted by molar-refractivity contribution is 7.99. The molecule has 0 spiro atoms. The fourth-order valence-electron chi connectivity index (χ4n) is 2.25. The number of ether oxygens (including phenoxy) is 1. The summed E-state index contributed by atoms with van der Waals surface area (Å²) >= 11 is 9.24. The Morgan fingerprint density at radius 3 is 2.96 bits per heavy atom. The minimum atomic E-state index is -0.226. The van der Waals surface area contributed by atoms with Crippen molar-refractivity contribution in [1.82, 2.24) is 10.4 Å². The van der Waals surface area contributed by atoms with Gasteiger partial charge < -0.3 is 4.74 Å². The number of carbonyl (C=O) groups excluding carboxylic acids is 1. The van der Waals surface area contributed by atoms with Crippen LogP contribution in [0.25, 0.3) is 10.2 Å². The molecule has 5 nitrogen and oxygen atoms in total. The van der Waals surface area contributed by atoms with E-state index in [1.807, 2.05) is 18.2 Å². The van der Waals surface area contributed by atoms with Crippen LogP contribution in [0.5, 0.6) is 5.75 Å². The van der Waals surface area contributed by atoms with Gasteiger partial charge in [0.2, 0.25) is 5.13 Å². The molecule has 1 heterocycles. The molecular formula is C17H16ClN3O2S2. The lowest BCUT2D eigenvalue weighted by Gasteiger charge is -2.06. The van der Waals surface area contributed by atoms with E-state index in [4.69, 9.17) is 16.3 Å². The molecule has 0 unspecified atom stereocenters. The number of hydrogen-bond donors (Lipinski definition) is 2. The van der Waals surface area contributed by atoms with Crippen LogP contribution in [0, 0.1) is 0 Å². The van der Waals surface area contributed by atoms with Gasteiger partial charge in [-0.05, 0) is 36.1 Å². The van der Waals surface area contributed by atoms with Crippen LogP contribution in [-0.4, -0.2) is 23.8 Å². The lowest BCUT2D eigenvalue weighted by molar-refractivity contribution is 0.0962. The number of benzene rings is 2. The van der Waals surface area contributed by atoms with E-state index in [9.17, 15) is 4.79 Å². The molecule has 0 saturated carbocycles. The van der Waals surface area contributed by atoms with Gasteiger partial charge in [-0.15, -0.1) is 11.8 Å². The molecule has 0 saturated heterocycles. The van der Waals surface area contributed by atoms with Crippen LogP contribution < -0.4 is 15.6 Å². The van der Waals surface area contributed by atoms with Crippen molar-refractivity contribution in [3.8, 4) is 5.75 Å². The largest absolute Gasteiger partial charge is 0.494 e. The predicted molar refractivity (Wildman–Crippen MR) is 105 cm³/mol. The minimum Gasteiger partial charge on any atom is -0.494 e. The summed E-state index contributed by atoms with van der Waals surface area (Å²) in [6.07, 6.45) is 0. The first-order valence-corrected chi connectivity index (χ1v) is 9.72. The molecule has 0 aliphatic rings. The van der Waals surface area contributed by atoms with Gasteiger partial charge in [0.1, 0.15) is 11.3 Å². The standard InChI is InChI=1S/C17H16ClN3O2S2/c1-3-24-11-6-4-5-10(9-11)16(22)20-21-17-19-14-13(23-2)8-7-12(18)15(14)25-17/h4-9H,3H2,1-2H3,(H,19,21)(H,20,22). The second-order valence-corrected chi connectivity index (χ2v) is 7.73. The molecule has 1 aromatic heterocycles. The topological polar surface area (TPSA) is 63.2 Å². The number of nitrogens with zero attached hydrogens (tertiary/aromatic N) is 1. The van der Waals surface area contributed by atoms with Crippen molar-refractivity contribution >= 4 is 56.0 Å². The van der Waals surface area contributed by atoms with Crippen molar-refractivity contribution in [3.05, 3.63) is 47.0 Å². The van der Waals surface area contributed by atoms with E-state index in [0.29, 0.717) is 27.0 Å². The number of thioether (sulfide) groups is 1. The summed E-state index contributed by atoms with van der Waals surface area (Å²) in [4.78, 5) is 17.8. The van der Waals surface area contributed by atoms with Gasteiger partial charge in [-0.3, -0.25) is 15.6 Å². The summed E-state index contributed by atoms with van der Waals surface area (Å²) in [6, 6.07) is 11.0. The first kappa shape index (κ1) is 17.8. The van der Waals surface area contributed by atoms with Crippen LogP contribution in [0.2, 0.25) is 5.02 Å². The first-order valence-electron chi connectivity index (χ1n) is 7.54.